The lowest BCUT2D eigenvalue weighted by molar-refractivity contribution is -0.121. The monoisotopic (exact) mass is 346 g/mol. The number of ether oxygens (including phenoxy) is 1. The van der Waals surface area contributed by atoms with Gasteiger partial charge in [-0.25, -0.2) is 0 Å². The number of primary amides is 1. The van der Waals surface area contributed by atoms with E-state index in [0.29, 0.717) is 17.9 Å². The number of amides is 2. The summed E-state index contributed by atoms with van der Waals surface area (Å²) in [5.41, 5.74) is 6.45. The molecule has 0 radical (unpaired) electrons. The fourth-order valence-corrected chi connectivity index (χ4v) is 3.09. The number of hydrogen-bond donors (Lipinski definition) is 2. The molecule has 0 aliphatic carbocycles. The van der Waals surface area contributed by atoms with Crippen LogP contribution in [0.3, 0.4) is 0 Å². The molecule has 0 unspecified atom stereocenters. The van der Waals surface area contributed by atoms with Crippen molar-refractivity contribution in [2.75, 3.05) is 13.2 Å². The fourth-order valence-electron chi connectivity index (χ4n) is 2.31. The van der Waals surface area contributed by atoms with E-state index in [4.69, 9.17) is 10.5 Å². The average molecular weight is 346 g/mol. The van der Waals surface area contributed by atoms with E-state index in [0.717, 1.165) is 16.2 Å². The number of nitrogens with two attached hydrogens (primary N) is 1. The average Bonchev–Trinajstić information content (AvgIpc) is 2.99. The molecule has 0 bridgehead atoms. The highest BCUT2D eigenvalue weighted by molar-refractivity contribution is 7.13. The van der Waals surface area contributed by atoms with Crippen LogP contribution >= 0.6 is 11.3 Å². The largest absolute Gasteiger partial charge is 0.494 e. The standard InChI is InChI=1S/C18H22N2O3S/c1-3-23-15-7-5-13(6-8-15)10-14(17(19)21)11-20-18(22)16-9-4-12(2)24-16/h4-9,14H,3,10-11H2,1-2H3,(H2,19,21)(H,20,22)/t14-/m0/s1. The van der Waals surface area contributed by atoms with Gasteiger partial charge in [-0.05, 0) is 50.1 Å². The van der Waals surface area contributed by atoms with Gasteiger partial charge in [0.25, 0.3) is 5.91 Å². The summed E-state index contributed by atoms with van der Waals surface area (Å²) in [4.78, 5) is 25.5. The molecule has 1 atom stereocenters. The molecule has 2 aromatic rings. The van der Waals surface area contributed by atoms with E-state index in [1.54, 1.807) is 6.07 Å². The number of nitrogens with one attached hydrogen (secondary N) is 1. The summed E-state index contributed by atoms with van der Waals surface area (Å²) in [7, 11) is 0. The van der Waals surface area contributed by atoms with Gasteiger partial charge in [0.1, 0.15) is 5.75 Å². The van der Waals surface area contributed by atoms with Crippen LogP contribution in [0.25, 0.3) is 0 Å². The molecular formula is C18H22N2O3S. The SMILES string of the molecule is CCOc1ccc(C[C@@H](CNC(=O)c2ccc(C)s2)C(N)=O)cc1. The molecule has 3 N–H and O–H groups in total. The third-order valence-corrected chi connectivity index (χ3v) is 4.59. The molecule has 0 fully saturated rings. The molecule has 1 aromatic heterocycles. The van der Waals surface area contributed by atoms with Crippen molar-refractivity contribution in [2.45, 2.75) is 20.3 Å². The first-order valence-corrected chi connectivity index (χ1v) is 8.67. The van der Waals surface area contributed by atoms with Crippen molar-refractivity contribution in [3.05, 3.63) is 51.7 Å². The zero-order valence-corrected chi connectivity index (χ0v) is 14.7. The summed E-state index contributed by atoms with van der Waals surface area (Å²) in [5.74, 6) is -0.260. The zero-order chi connectivity index (χ0) is 17.5. The molecule has 0 saturated heterocycles. The molecule has 0 aliphatic rings. The van der Waals surface area contributed by atoms with Crippen LogP contribution in [0.4, 0.5) is 0 Å². The van der Waals surface area contributed by atoms with Crippen molar-refractivity contribution in [2.24, 2.45) is 11.7 Å². The Morgan fingerprint density at radius 2 is 1.92 bits per heavy atom. The molecule has 2 amide bonds. The first-order valence-electron chi connectivity index (χ1n) is 7.85. The second-order valence-corrected chi connectivity index (χ2v) is 6.79. The Kier molecular flexibility index (Phi) is 6.37. The van der Waals surface area contributed by atoms with Crippen LogP contribution in [0, 0.1) is 12.8 Å². The van der Waals surface area contributed by atoms with Crippen LogP contribution in [0.5, 0.6) is 5.75 Å². The highest BCUT2D eigenvalue weighted by Gasteiger charge is 2.18. The topological polar surface area (TPSA) is 81.4 Å². The minimum atomic E-state index is -0.451. The van der Waals surface area contributed by atoms with Gasteiger partial charge in [0.05, 0.1) is 17.4 Å². The minimum Gasteiger partial charge on any atom is -0.494 e. The molecule has 6 heteroatoms. The molecule has 0 aliphatic heterocycles. The predicted molar refractivity (Wildman–Crippen MR) is 95.4 cm³/mol. The number of hydrogen-bond acceptors (Lipinski definition) is 4. The summed E-state index contributed by atoms with van der Waals surface area (Å²) < 4.78 is 5.40. The molecule has 2 rings (SSSR count). The number of rotatable bonds is 8. The Labute approximate surface area is 145 Å². The van der Waals surface area contributed by atoms with Gasteiger partial charge in [-0.2, -0.15) is 0 Å². The van der Waals surface area contributed by atoms with E-state index < -0.39 is 11.8 Å². The summed E-state index contributed by atoms with van der Waals surface area (Å²) in [6.45, 7) is 4.70. The number of carbonyl (C=O) groups excluding carboxylic acids is 2. The molecule has 1 heterocycles. The van der Waals surface area contributed by atoms with Crippen LogP contribution in [-0.4, -0.2) is 25.0 Å². The summed E-state index contributed by atoms with van der Waals surface area (Å²) >= 11 is 1.42. The van der Waals surface area contributed by atoms with E-state index in [1.807, 2.05) is 44.2 Å². The summed E-state index contributed by atoms with van der Waals surface area (Å²) in [5, 5.41) is 2.79. The van der Waals surface area contributed by atoms with Crippen LogP contribution < -0.4 is 15.8 Å². The lowest BCUT2D eigenvalue weighted by Crippen LogP contribution is -2.37. The Bertz CT molecular complexity index is 695. The highest BCUT2D eigenvalue weighted by Crippen LogP contribution is 2.16. The lowest BCUT2D eigenvalue weighted by Gasteiger charge is -2.14. The van der Waals surface area contributed by atoms with Gasteiger partial charge >= 0.3 is 0 Å². The number of benzene rings is 1. The number of thiophene rings is 1. The Hall–Kier alpha value is -2.34. The Morgan fingerprint density at radius 1 is 1.21 bits per heavy atom. The smallest absolute Gasteiger partial charge is 0.261 e. The lowest BCUT2D eigenvalue weighted by atomic mass is 9.98. The molecule has 0 spiro atoms. The van der Waals surface area contributed by atoms with Crippen molar-refractivity contribution >= 4 is 23.2 Å². The highest BCUT2D eigenvalue weighted by atomic mass is 32.1. The molecular weight excluding hydrogens is 324 g/mol. The normalized spacial score (nSPS) is 11.8. The van der Waals surface area contributed by atoms with E-state index in [2.05, 4.69) is 5.32 Å². The quantitative estimate of drug-likeness (QED) is 0.771. The van der Waals surface area contributed by atoms with Gasteiger partial charge in [-0.15, -0.1) is 11.3 Å². The van der Waals surface area contributed by atoms with Gasteiger partial charge in [-0.1, -0.05) is 12.1 Å². The molecule has 24 heavy (non-hydrogen) atoms. The van der Waals surface area contributed by atoms with E-state index in [-0.39, 0.29) is 12.5 Å². The van der Waals surface area contributed by atoms with Gasteiger partial charge in [0.2, 0.25) is 5.91 Å². The van der Waals surface area contributed by atoms with Crippen LogP contribution in [0.15, 0.2) is 36.4 Å². The first-order chi connectivity index (χ1) is 11.5. The maximum absolute atomic E-state index is 12.1. The van der Waals surface area contributed by atoms with E-state index >= 15 is 0 Å². The second-order valence-electron chi connectivity index (χ2n) is 5.50. The molecule has 1 aromatic carbocycles. The van der Waals surface area contributed by atoms with Crippen molar-refractivity contribution in [1.82, 2.24) is 5.32 Å². The van der Waals surface area contributed by atoms with E-state index in [1.165, 1.54) is 11.3 Å². The van der Waals surface area contributed by atoms with Crippen LogP contribution in [0.2, 0.25) is 0 Å². The zero-order valence-electron chi connectivity index (χ0n) is 13.9. The maximum Gasteiger partial charge on any atom is 0.261 e. The van der Waals surface area contributed by atoms with Crippen molar-refractivity contribution in [3.63, 3.8) is 0 Å². The van der Waals surface area contributed by atoms with Crippen LogP contribution in [-0.2, 0) is 11.2 Å². The second kappa shape index (κ2) is 8.49. The van der Waals surface area contributed by atoms with Gasteiger partial charge in [0, 0.05) is 11.4 Å². The van der Waals surface area contributed by atoms with Gasteiger partial charge in [-0.3, -0.25) is 9.59 Å². The van der Waals surface area contributed by atoms with Gasteiger partial charge < -0.3 is 15.8 Å². The Morgan fingerprint density at radius 3 is 2.46 bits per heavy atom. The fraction of sp³-hybridized carbons (Fsp3) is 0.333. The first kappa shape index (κ1) is 18.0. The van der Waals surface area contributed by atoms with E-state index in [9.17, 15) is 9.59 Å². The third-order valence-electron chi connectivity index (χ3n) is 3.59. The maximum atomic E-state index is 12.1. The number of carbonyl (C=O) groups is 2. The molecule has 0 saturated carbocycles. The number of aryl methyl sites for hydroxylation is 1. The third kappa shape index (κ3) is 5.09. The van der Waals surface area contributed by atoms with Crippen molar-refractivity contribution in [1.29, 1.82) is 0 Å². The molecule has 5 nitrogen and oxygen atoms in total. The Balaban J connectivity index is 1.94. The van der Waals surface area contributed by atoms with Crippen LogP contribution in [0.1, 0.15) is 27.0 Å². The minimum absolute atomic E-state index is 0.175. The summed E-state index contributed by atoms with van der Waals surface area (Å²) in [6.07, 6.45) is 0.478. The van der Waals surface area contributed by atoms with Crippen molar-refractivity contribution in [3.8, 4) is 5.75 Å². The molecule has 128 valence electrons. The predicted octanol–water partition coefficient (Wildman–Crippen LogP) is 2.53. The van der Waals surface area contributed by atoms with Crippen molar-refractivity contribution < 1.29 is 14.3 Å². The summed E-state index contributed by atoms with van der Waals surface area (Å²) in [6, 6.07) is 11.2. The van der Waals surface area contributed by atoms with Gasteiger partial charge in [0.15, 0.2) is 0 Å².